The summed E-state index contributed by atoms with van der Waals surface area (Å²) in [5, 5.41) is 5.69. The lowest BCUT2D eigenvalue weighted by molar-refractivity contribution is 0.243. The molecule has 1 fully saturated rings. The van der Waals surface area contributed by atoms with Gasteiger partial charge in [0.05, 0.1) is 6.04 Å². The molecule has 1 aliphatic heterocycles. The summed E-state index contributed by atoms with van der Waals surface area (Å²) in [6.07, 6.45) is 1.19. The highest BCUT2D eigenvalue weighted by Gasteiger charge is 2.24. The van der Waals surface area contributed by atoms with Gasteiger partial charge in [-0.1, -0.05) is 48.5 Å². The molecule has 0 saturated carbocycles. The van der Waals surface area contributed by atoms with Crippen molar-refractivity contribution in [3.63, 3.8) is 0 Å². The fourth-order valence-electron chi connectivity index (χ4n) is 3.61. The van der Waals surface area contributed by atoms with Crippen molar-refractivity contribution in [3.05, 3.63) is 88.1 Å². The second kappa shape index (κ2) is 9.18. The lowest BCUT2D eigenvalue weighted by Crippen LogP contribution is -2.32. The number of benzene rings is 2. The maximum Gasteiger partial charge on any atom is 0.119 e. The van der Waals surface area contributed by atoms with Crippen LogP contribution in [0.3, 0.4) is 0 Å². The Morgan fingerprint density at radius 2 is 1.78 bits per heavy atom. The first-order chi connectivity index (χ1) is 13.4. The summed E-state index contributed by atoms with van der Waals surface area (Å²) in [6, 6.07) is 23.7. The largest absolute Gasteiger partial charge is 0.489 e. The number of thiophene rings is 1. The van der Waals surface area contributed by atoms with E-state index in [4.69, 9.17) is 4.74 Å². The van der Waals surface area contributed by atoms with E-state index in [1.54, 1.807) is 0 Å². The number of ether oxygens (including phenoxy) is 1. The molecule has 27 heavy (non-hydrogen) atoms. The van der Waals surface area contributed by atoms with Crippen molar-refractivity contribution in [3.8, 4) is 5.75 Å². The second-order valence-corrected chi connectivity index (χ2v) is 7.88. The van der Waals surface area contributed by atoms with Gasteiger partial charge in [0.15, 0.2) is 0 Å². The van der Waals surface area contributed by atoms with E-state index in [1.165, 1.54) is 22.4 Å². The highest BCUT2D eigenvalue weighted by atomic mass is 32.1. The van der Waals surface area contributed by atoms with Crippen LogP contribution in [-0.2, 0) is 6.61 Å². The van der Waals surface area contributed by atoms with Crippen molar-refractivity contribution in [2.24, 2.45) is 0 Å². The quantitative estimate of drug-likeness (QED) is 0.672. The first-order valence-corrected chi connectivity index (χ1v) is 10.5. The van der Waals surface area contributed by atoms with Gasteiger partial charge in [-0.3, -0.25) is 4.90 Å². The van der Waals surface area contributed by atoms with Gasteiger partial charge in [0.25, 0.3) is 0 Å². The maximum absolute atomic E-state index is 5.96. The van der Waals surface area contributed by atoms with Gasteiger partial charge in [-0.25, -0.2) is 0 Å². The molecule has 0 aliphatic carbocycles. The van der Waals surface area contributed by atoms with Gasteiger partial charge in [-0.05, 0) is 47.7 Å². The van der Waals surface area contributed by atoms with Crippen molar-refractivity contribution in [2.45, 2.75) is 19.1 Å². The van der Waals surface area contributed by atoms with Crippen LogP contribution in [0.2, 0.25) is 0 Å². The predicted molar refractivity (Wildman–Crippen MR) is 112 cm³/mol. The highest BCUT2D eigenvalue weighted by molar-refractivity contribution is 7.10. The molecule has 3 aromatic rings. The third kappa shape index (κ3) is 4.78. The molecule has 4 rings (SSSR count). The summed E-state index contributed by atoms with van der Waals surface area (Å²) >= 11 is 1.84. The van der Waals surface area contributed by atoms with E-state index in [9.17, 15) is 0 Å². The van der Waals surface area contributed by atoms with Gasteiger partial charge >= 0.3 is 0 Å². The molecule has 1 aromatic heterocycles. The van der Waals surface area contributed by atoms with Crippen molar-refractivity contribution >= 4 is 11.3 Å². The molecular formula is C23H26N2OS. The normalized spacial score (nSPS) is 16.6. The number of rotatable bonds is 6. The number of nitrogens with one attached hydrogen (secondary N) is 1. The van der Waals surface area contributed by atoms with Gasteiger partial charge < -0.3 is 10.1 Å². The summed E-state index contributed by atoms with van der Waals surface area (Å²) in [4.78, 5) is 4.01. The fraction of sp³-hybridized carbons (Fsp3) is 0.304. The number of nitrogens with zero attached hydrogens (tertiary/aromatic N) is 1. The van der Waals surface area contributed by atoms with E-state index in [1.807, 2.05) is 29.5 Å². The minimum atomic E-state index is 0.327. The molecule has 2 aromatic carbocycles. The van der Waals surface area contributed by atoms with Gasteiger partial charge in [0.1, 0.15) is 12.4 Å². The molecule has 4 heteroatoms. The van der Waals surface area contributed by atoms with Crippen molar-refractivity contribution in [1.29, 1.82) is 0 Å². The maximum atomic E-state index is 5.96. The van der Waals surface area contributed by atoms with Crippen LogP contribution in [0.25, 0.3) is 0 Å². The Bertz CT molecular complexity index is 794. The minimum Gasteiger partial charge on any atom is -0.489 e. The Kier molecular flexibility index (Phi) is 6.20. The molecule has 1 N–H and O–H groups in total. The predicted octanol–water partition coefficient (Wildman–Crippen LogP) is 4.71. The fourth-order valence-corrected chi connectivity index (χ4v) is 4.50. The molecule has 2 heterocycles. The van der Waals surface area contributed by atoms with Gasteiger partial charge in [-0.15, -0.1) is 11.3 Å². The van der Waals surface area contributed by atoms with Crippen molar-refractivity contribution in [1.82, 2.24) is 10.2 Å². The van der Waals surface area contributed by atoms with Crippen LogP contribution in [0.5, 0.6) is 5.75 Å². The van der Waals surface area contributed by atoms with E-state index in [-0.39, 0.29) is 0 Å². The summed E-state index contributed by atoms with van der Waals surface area (Å²) in [6.45, 7) is 4.98. The van der Waals surface area contributed by atoms with Crippen LogP contribution in [0.1, 0.15) is 28.5 Å². The standard InChI is InChI=1S/C23H26N2OS/c1-2-6-19(7-3-1)18-26-21-11-9-20(10-12-21)23(22-8-4-17-27-22)25-15-5-13-24-14-16-25/h1-4,6-12,17,23-24H,5,13-16,18H2. The molecule has 1 aliphatic rings. The van der Waals surface area contributed by atoms with Crippen LogP contribution < -0.4 is 10.1 Å². The summed E-state index contributed by atoms with van der Waals surface area (Å²) in [7, 11) is 0. The Morgan fingerprint density at radius 1 is 0.926 bits per heavy atom. The lowest BCUT2D eigenvalue weighted by Gasteiger charge is -2.30. The molecule has 1 saturated heterocycles. The molecule has 0 amide bonds. The average Bonchev–Trinajstić information content (AvgIpc) is 3.11. The highest BCUT2D eigenvalue weighted by Crippen LogP contribution is 2.33. The molecular weight excluding hydrogens is 352 g/mol. The smallest absolute Gasteiger partial charge is 0.119 e. The van der Waals surface area contributed by atoms with Gasteiger partial charge in [-0.2, -0.15) is 0 Å². The number of hydrogen-bond acceptors (Lipinski definition) is 4. The van der Waals surface area contributed by atoms with Crippen LogP contribution in [0.4, 0.5) is 0 Å². The number of hydrogen-bond donors (Lipinski definition) is 1. The van der Waals surface area contributed by atoms with E-state index in [0.717, 1.165) is 31.9 Å². The Hall–Kier alpha value is -2.14. The summed E-state index contributed by atoms with van der Waals surface area (Å²) < 4.78 is 5.96. The topological polar surface area (TPSA) is 24.5 Å². The van der Waals surface area contributed by atoms with Crippen molar-refractivity contribution in [2.75, 3.05) is 26.2 Å². The Morgan fingerprint density at radius 3 is 2.56 bits per heavy atom. The van der Waals surface area contributed by atoms with E-state index >= 15 is 0 Å². The Labute approximate surface area is 165 Å². The van der Waals surface area contributed by atoms with Gasteiger partial charge in [0, 0.05) is 24.5 Å². The lowest BCUT2D eigenvalue weighted by atomic mass is 10.0. The zero-order valence-corrected chi connectivity index (χ0v) is 16.3. The van der Waals surface area contributed by atoms with Gasteiger partial charge in [0.2, 0.25) is 0 Å². The van der Waals surface area contributed by atoms with E-state index < -0.39 is 0 Å². The molecule has 0 spiro atoms. The third-order valence-corrected chi connectivity index (χ3v) is 5.92. The molecule has 0 radical (unpaired) electrons. The third-order valence-electron chi connectivity index (χ3n) is 5.00. The molecule has 3 nitrogen and oxygen atoms in total. The first kappa shape index (κ1) is 18.2. The average molecular weight is 379 g/mol. The van der Waals surface area contributed by atoms with E-state index in [0.29, 0.717) is 12.6 Å². The van der Waals surface area contributed by atoms with Crippen LogP contribution in [0.15, 0.2) is 72.1 Å². The first-order valence-electron chi connectivity index (χ1n) is 9.65. The zero-order chi connectivity index (χ0) is 18.3. The molecule has 140 valence electrons. The van der Waals surface area contributed by atoms with Crippen LogP contribution in [-0.4, -0.2) is 31.1 Å². The monoisotopic (exact) mass is 378 g/mol. The van der Waals surface area contributed by atoms with Crippen molar-refractivity contribution < 1.29 is 4.74 Å². The summed E-state index contributed by atoms with van der Waals surface area (Å²) in [5.74, 6) is 0.921. The molecule has 1 unspecified atom stereocenters. The van der Waals surface area contributed by atoms with Crippen LogP contribution in [0, 0.1) is 0 Å². The minimum absolute atomic E-state index is 0.327. The summed E-state index contributed by atoms with van der Waals surface area (Å²) in [5.41, 5.74) is 2.53. The zero-order valence-electron chi connectivity index (χ0n) is 15.5. The molecule has 1 atom stereocenters. The Balaban J connectivity index is 1.50. The second-order valence-electron chi connectivity index (χ2n) is 6.90. The van der Waals surface area contributed by atoms with E-state index in [2.05, 4.69) is 64.1 Å². The SMILES string of the molecule is c1ccc(COc2ccc(C(c3cccs3)N3CCCNCC3)cc2)cc1. The molecule has 0 bridgehead atoms. The van der Waals surface area contributed by atoms with Crippen LogP contribution >= 0.6 is 11.3 Å².